The number of hydrogen-bond donors (Lipinski definition) is 2. The maximum absolute atomic E-state index is 12.3. The SMILES string of the molecule is NC(=O)N1CCC(C(=O)Nc2ncc(C(=O)C3CCOC3)s2)CC1. The van der Waals surface area contributed by atoms with E-state index < -0.39 is 6.03 Å². The number of nitrogens with one attached hydrogen (secondary N) is 1. The molecule has 0 radical (unpaired) electrons. The number of anilines is 1. The number of rotatable bonds is 4. The Morgan fingerprint density at radius 1 is 1.25 bits per heavy atom. The molecule has 24 heavy (non-hydrogen) atoms. The van der Waals surface area contributed by atoms with Gasteiger partial charge in [0.05, 0.1) is 17.7 Å². The monoisotopic (exact) mass is 352 g/mol. The number of Topliss-reactive ketones (excluding diaryl/α,β-unsaturated/α-hetero) is 1. The van der Waals surface area contributed by atoms with Gasteiger partial charge in [0.2, 0.25) is 5.91 Å². The normalized spacial score (nSPS) is 21.7. The van der Waals surface area contributed by atoms with Crippen molar-refractivity contribution in [2.24, 2.45) is 17.6 Å². The molecule has 1 aromatic heterocycles. The molecule has 0 aliphatic carbocycles. The smallest absolute Gasteiger partial charge is 0.314 e. The summed E-state index contributed by atoms with van der Waals surface area (Å²) in [5.41, 5.74) is 5.23. The highest BCUT2D eigenvalue weighted by Gasteiger charge is 2.28. The second-order valence-electron chi connectivity index (χ2n) is 6.04. The van der Waals surface area contributed by atoms with E-state index >= 15 is 0 Å². The molecule has 9 heteroatoms. The van der Waals surface area contributed by atoms with Crippen LogP contribution in [-0.2, 0) is 9.53 Å². The van der Waals surface area contributed by atoms with Crippen molar-refractivity contribution in [3.8, 4) is 0 Å². The van der Waals surface area contributed by atoms with Gasteiger partial charge in [-0.1, -0.05) is 11.3 Å². The molecular formula is C15H20N4O4S. The molecule has 3 heterocycles. The van der Waals surface area contributed by atoms with Crippen molar-refractivity contribution in [3.05, 3.63) is 11.1 Å². The number of piperidine rings is 1. The number of ether oxygens (including phenoxy) is 1. The van der Waals surface area contributed by atoms with Crippen molar-refractivity contribution in [2.45, 2.75) is 19.3 Å². The van der Waals surface area contributed by atoms with Crippen LogP contribution in [0.4, 0.5) is 9.93 Å². The van der Waals surface area contributed by atoms with Crippen molar-refractivity contribution < 1.29 is 19.1 Å². The maximum atomic E-state index is 12.3. The van der Waals surface area contributed by atoms with Crippen LogP contribution < -0.4 is 11.1 Å². The predicted octanol–water partition coefficient (Wildman–Crippen LogP) is 1.09. The van der Waals surface area contributed by atoms with Crippen LogP contribution in [0.15, 0.2) is 6.20 Å². The number of urea groups is 1. The summed E-state index contributed by atoms with van der Waals surface area (Å²) >= 11 is 1.19. The Balaban J connectivity index is 1.54. The molecule has 1 atom stereocenters. The van der Waals surface area contributed by atoms with Crippen molar-refractivity contribution in [3.63, 3.8) is 0 Å². The number of nitrogens with zero attached hydrogens (tertiary/aromatic N) is 2. The molecule has 3 rings (SSSR count). The van der Waals surface area contributed by atoms with Crippen molar-refractivity contribution in [2.75, 3.05) is 31.6 Å². The fraction of sp³-hybridized carbons (Fsp3) is 0.600. The quantitative estimate of drug-likeness (QED) is 0.787. The number of carbonyl (C=O) groups is 3. The molecule has 1 unspecified atom stereocenters. The molecule has 2 fully saturated rings. The zero-order chi connectivity index (χ0) is 17.1. The molecule has 3 amide bonds. The molecule has 8 nitrogen and oxygen atoms in total. The summed E-state index contributed by atoms with van der Waals surface area (Å²) < 4.78 is 5.23. The third-order valence-electron chi connectivity index (χ3n) is 4.46. The van der Waals surface area contributed by atoms with Gasteiger partial charge in [0, 0.05) is 31.5 Å². The first-order chi connectivity index (χ1) is 11.5. The number of carbonyl (C=O) groups excluding carboxylic acids is 3. The van der Waals surface area contributed by atoms with Gasteiger partial charge in [-0.25, -0.2) is 9.78 Å². The Bertz CT molecular complexity index is 633. The van der Waals surface area contributed by atoms with Crippen LogP contribution in [0, 0.1) is 11.8 Å². The predicted molar refractivity (Wildman–Crippen MR) is 87.9 cm³/mol. The largest absolute Gasteiger partial charge is 0.381 e. The average Bonchev–Trinajstić information content (AvgIpc) is 3.26. The Morgan fingerprint density at radius 2 is 2.00 bits per heavy atom. The van der Waals surface area contributed by atoms with Crippen LogP contribution in [0.3, 0.4) is 0 Å². The average molecular weight is 352 g/mol. The summed E-state index contributed by atoms with van der Waals surface area (Å²) in [4.78, 5) is 41.9. The molecule has 3 N–H and O–H groups in total. The van der Waals surface area contributed by atoms with Crippen molar-refractivity contribution in [1.82, 2.24) is 9.88 Å². The fourth-order valence-electron chi connectivity index (χ4n) is 2.96. The Labute approximate surface area is 143 Å². The molecule has 2 aliphatic heterocycles. The number of thiazole rings is 1. The van der Waals surface area contributed by atoms with Gasteiger partial charge < -0.3 is 20.7 Å². The van der Waals surface area contributed by atoms with Gasteiger partial charge in [-0.3, -0.25) is 9.59 Å². The Morgan fingerprint density at radius 3 is 2.62 bits per heavy atom. The standard InChI is InChI=1S/C15H20N4O4S/c16-14(22)19-4-1-9(2-5-19)13(21)18-15-17-7-11(24-15)12(20)10-3-6-23-8-10/h7,9-10H,1-6,8H2,(H2,16,22)(H,17,18,21). The lowest BCUT2D eigenvalue weighted by atomic mass is 9.96. The van der Waals surface area contributed by atoms with Gasteiger partial charge >= 0.3 is 6.03 Å². The second kappa shape index (κ2) is 7.27. The first-order valence-electron chi connectivity index (χ1n) is 7.97. The lowest BCUT2D eigenvalue weighted by molar-refractivity contribution is -0.121. The lowest BCUT2D eigenvalue weighted by Gasteiger charge is -2.29. The lowest BCUT2D eigenvalue weighted by Crippen LogP contribution is -2.43. The third kappa shape index (κ3) is 3.73. The molecule has 0 aromatic carbocycles. The molecule has 130 valence electrons. The molecule has 2 aliphatic rings. The summed E-state index contributed by atoms with van der Waals surface area (Å²) in [6, 6.07) is -0.451. The summed E-state index contributed by atoms with van der Waals surface area (Å²) in [7, 11) is 0. The van der Waals surface area contributed by atoms with E-state index in [1.54, 1.807) is 0 Å². The van der Waals surface area contributed by atoms with Crippen LogP contribution in [0.5, 0.6) is 0 Å². The molecular weight excluding hydrogens is 332 g/mol. The third-order valence-corrected chi connectivity index (χ3v) is 5.38. The molecule has 0 bridgehead atoms. The van der Waals surface area contributed by atoms with E-state index in [-0.39, 0.29) is 23.5 Å². The first-order valence-corrected chi connectivity index (χ1v) is 8.79. The van der Waals surface area contributed by atoms with E-state index in [0.29, 0.717) is 49.2 Å². The number of aromatic nitrogens is 1. The van der Waals surface area contributed by atoms with Gasteiger partial charge in [-0.15, -0.1) is 0 Å². The van der Waals surface area contributed by atoms with Crippen LogP contribution in [0.25, 0.3) is 0 Å². The number of nitrogens with two attached hydrogens (primary N) is 1. The van der Waals surface area contributed by atoms with Crippen molar-refractivity contribution in [1.29, 1.82) is 0 Å². The number of hydrogen-bond acceptors (Lipinski definition) is 6. The van der Waals surface area contributed by atoms with Gasteiger partial charge in [0.25, 0.3) is 0 Å². The fourth-order valence-corrected chi connectivity index (χ4v) is 3.80. The zero-order valence-electron chi connectivity index (χ0n) is 13.2. The van der Waals surface area contributed by atoms with E-state index in [1.807, 2.05) is 0 Å². The van der Waals surface area contributed by atoms with Crippen LogP contribution in [0.2, 0.25) is 0 Å². The van der Waals surface area contributed by atoms with E-state index in [4.69, 9.17) is 10.5 Å². The molecule has 0 saturated carbocycles. The highest BCUT2D eigenvalue weighted by Crippen LogP contribution is 2.26. The summed E-state index contributed by atoms with van der Waals surface area (Å²) in [6.07, 6.45) is 3.39. The number of primary amides is 1. The van der Waals surface area contributed by atoms with E-state index in [9.17, 15) is 14.4 Å². The number of ketones is 1. The number of amides is 3. The number of likely N-dealkylation sites (tertiary alicyclic amines) is 1. The second-order valence-corrected chi connectivity index (χ2v) is 7.07. The van der Waals surface area contributed by atoms with E-state index in [1.165, 1.54) is 22.4 Å². The summed E-state index contributed by atoms with van der Waals surface area (Å²) in [5.74, 6) is -0.379. The topological polar surface area (TPSA) is 115 Å². The maximum Gasteiger partial charge on any atom is 0.314 e. The van der Waals surface area contributed by atoms with E-state index in [0.717, 1.165) is 6.42 Å². The summed E-state index contributed by atoms with van der Waals surface area (Å²) in [5, 5.41) is 3.20. The molecule has 0 spiro atoms. The highest BCUT2D eigenvalue weighted by atomic mass is 32.1. The van der Waals surface area contributed by atoms with Gasteiger partial charge in [-0.2, -0.15) is 0 Å². The zero-order valence-corrected chi connectivity index (χ0v) is 14.0. The van der Waals surface area contributed by atoms with Crippen LogP contribution in [0.1, 0.15) is 28.9 Å². The van der Waals surface area contributed by atoms with Crippen LogP contribution >= 0.6 is 11.3 Å². The molecule has 1 aromatic rings. The molecule has 2 saturated heterocycles. The Kier molecular flexibility index (Phi) is 5.10. The minimum Gasteiger partial charge on any atom is -0.381 e. The van der Waals surface area contributed by atoms with E-state index in [2.05, 4.69) is 10.3 Å². The van der Waals surface area contributed by atoms with Gasteiger partial charge in [-0.05, 0) is 19.3 Å². The highest BCUT2D eigenvalue weighted by molar-refractivity contribution is 7.17. The first kappa shape index (κ1) is 16.8. The van der Waals surface area contributed by atoms with Crippen LogP contribution in [-0.4, -0.2) is 53.9 Å². The van der Waals surface area contributed by atoms with Gasteiger partial charge in [0.1, 0.15) is 0 Å². The minimum atomic E-state index is -0.451. The minimum absolute atomic E-state index is 0.0280. The Hall–Kier alpha value is -2.00. The summed E-state index contributed by atoms with van der Waals surface area (Å²) in [6.45, 7) is 2.03. The van der Waals surface area contributed by atoms with Gasteiger partial charge in [0.15, 0.2) is 10.9 Å². The van der Waals surface area contributed by atoms with Crippen molar-refractivity contribution >= 4 is 34.2 Å².